The van der Waals surface area contributed by atoms with Gasteiger partial charge in [0.15, 0.2) is 0 Å². The number of aliphatic hydroxyl groups excluding tert-OH is 1. The fourth-order valence-corrected chi connectivity index (χ4v) is 6.06. The van der Waals surface area contributed by atoms with Gasteiger partial charge in [-0.2, -0.15) is 5.26 Å². The van der Waals surface area contributed by atoms with Crippen LogP contribution in [0.1, 0.15) is 89.6 Å². The van der Waals surface area contributed by atoms with Gasteiger partial charge in [0.05, 0.1) is 27.3 Å². The molecule has 0 saturated carbocycles. The van der Waals surface area contributed by atoms with Gasteiger partial charge in [-0.3, -0.25) is 14.4 Å². The number of hydrogen-bond donors (Lipinski definition) is 2. The van der Waals surface area contributed by atoms with E-state index in [4.69, 9.17) is 26.4 Å². The van der Waals surface area contributed by atoms with Crippen LogP contribution in [0.5, 0.6) is 5.75 Å². The summed E-state index contributed by atoms with van der Waals surface area (Å²) in [5.74, 6) is -1.60. The number of thioether (sulfide) groups is 1. The second-order valence-electron chi connectivity index (χ2n) is 12.7. The molecule has 0 saturated heterocycles. The van der Waals surface area contributed by atoms with Crippen LogP contribution in [0.2, 0.25) is 0 Å². The first kappa shape index (κ1) is 40.4. The van der Waals surface area contributed by atoms with Crippen molar-refractivity contribution in [3.63, 3.8) is 0 Å². The lowest BCUT2D eigenvalue weighted by Gasteiger charge is -2.35. The molecule has 0 aliphatic rings. The number of nitrogens with zero attached hydrogens (tertiary/aromatic N) is 1. The molecular weight excluding hydrogens is 653 g/mol. The Labute approximate surface area is 292 Å². The standard InChI is InChI=1S/C36H46N2O8S2/c1-7-29(40)46-28-15-13-26(14-16-28)30(41)44-21-22-45-33(43)36(6,48-31(47)27-11-9-8-10-12-27)20-19-35(5,18-17-34(3,4)24-37)32(42)38-23-25(2)39/h8-16,25,39H,7,17-23H2,1-6H3,(H,38,42). The van der Waals surface area contributed by atoms with Gasteiger partial charge in [-0.1, -0.05) is 68.2 Å². The van der Waals surface area contributed by atoms with E-state index >= 15 is 0 Å². The zero-order chi connectivity index (χ0) is 36.0. The number of nitriles is 1. The average Bonchev–Trinajstić information content (AvgIpc) is 3.07. The van der Waals surface area contributed by atoms with Crippen molar-refractivity contribution in [2.45, 2.75) is 84.5 Å². The normalized spacial score (nSPS) is 14.3. The van der Waals surface area contributed by atoms with Crippen molar-refractivity contribution < 1.29 is 38.5 Å². The highest BCUT2D eigenvalue weighted by atomic mass is 32.2. The molecule has 260 valence electrons. The number of aliphatic hydroxyl groups is 1. The van der Waals surface area contributed by atoms with Gasteiger partial charge in [0.25, 0.3) is 0 Å². The number of benzene rings is 2. The zero-order valence-electron chi connectivity index (χ0n) is 28.5. The number of esters is 3. The van der Waals surface area contributed by atoms with E-state index in [-0.39, 0.29) is 50.5 Å². The lowest BCUT2D eigenvalue weighted by molar-refractivity contribution is -0.148. The molecule has 0 aromatic heterocycles. The van der Waals surface area contributed by atoms with E-state index in [9.17, 15) is 29.5 Å². The van der Waals surface area contributed by atoms with E-state index in [1.807, 2.05) is 44.2 Å². The summed E-state index contributed by atoms with van der Waals surface area (Å²) in [6.07, 6.45) is 0.745. The quantitative estimate of drug-likeness (QED) is 0.0794. The molecule has 48 heavy (non-hydrogen) atoms. The second kappa shape index (κ2) is 18.7. The van der Waals surface area contributed by atoms with Crippen LogP contribution in [-0.2, 0) is 23.9 Å². The minimum absolute atomic E-state index is 0.0669. The molecule has 0 fully saturated rings. The Morgan fingerprint density at radius 3 is 2.10 bits per heavy atom. The van der Waals surface area contributed by atoms with Gasteiger partial charge >= 0.3 is 17.9 Å². The van der Waals surface area contributed by atoms with Gasteiger partial charge in [-0.25, -0.2) is 4.79 Å². The summed E-state index contributed by atoms with van der Waals surface area (Å²) in [6, 6.07) is 17.4. The Balaban J connectivity index is 2.18. The summed E-state index contributed by atoms with van der Waals surface area (Å²) in [4.78, 5) is 51.2. The molecule has 2 aromatic rings. The topological polar surface area (TPSA) is 152 Å². The highest BCUT2D eigenvalue weighted by molar-refractivity contribution is 8.25. The van der Waals surface area contributed by atoms with E-state index in [1.54, 1.807) is 27.7 Å². The molecule has 1 amide bonds. The number of thiocarbonyl (C=S) groups is 1. The van der Waals surface area contributed by atoms with E-state index in [0.29, 0.717) is 22.8 Å². The highest BCUT2D eigenvalue weighted by Gasteiger charge is 2.42. The summed E-state index contributed by atoms with van der Waals surface area (Å²) in [5, 5.41) is 22.2. The summed E-state index contributed by atoms with van der Waals surface area (Å²) in [6.45, 7) is 10.0. The minimum atomic E-state index is -1.22. The van der Waals surface area contributed by atoms with Gasteiger partial charge in [-0.05, 0) is 83.2 Å². The smallest absolute Gasteiger partial charge is 0.338 e. The van der Waals surface area contributed by atoms with Gasteiger partial charge in [0.1, 0.15) is 23.7 Å². The lowest BCUT2D eigenvalue weighted by atomic mass is 9.74. The largest absolute Gasteiger partial charge is 0.461 e. The van der Waals surface area contributed by atoms with Crippen LogP contribution in [0.15, 0.2) is 54.6 Å². The average molecular weight is 699 g/mol. The SMILES string of the molecule is CCC(=O)Oc1ccc(C(=O)OCCOC(=O)C(C)(CCC(C)(CCC(C)(C)C#N)C(=O)NCC(C)O)SC(=S)c2ccccc2)cc1. The molecule has 2 aromatic carbocycles. The van der Waals surface area contributed by atoms with Crippen LogP contribution in [-0.4, -0.2) is 63.7 Å². The van der Waals surface area contributed by atoms with Gasteiger partial charge < -0.3 is 24.6 Å². The molecule has 2 N–H and O–H groups in total. The fourth-order valence-electron chi connectivity index (χ4n) is 4.36. The molecule has 3 unspecified atom stereocenters. The number of amides is 1. The van der Waals surface area contributed by atoms with Crippen LogP contribution >= 0.6 is 24.0 Å². The van der Waals surface area contributed by atoms with Crippen molar-refractivity contribution in [3.05, 3.63) is 65.7 Å². The third kappa shape index (κ3) is 13.0. The summed E-state index contributed by atoms with van der Waals surface area (Å²) >= 11 is 6.88. The fraction of sp³-hybridized carbons (Fsp3) is 0.500. The molecular formula is C36H46N2O8S2. The summed E-state index contributed by atoms with van der Waals surface area (Å²) < 4.78 is 15.3. The van der Waals surface area contributed by atoms with Crippen molar-refractivity contribution in [1.82, 2.24) is 5.32 Å². The van der Waals surface area contributed by atoms with Crippen molar-refractivity contribution in [1.29, 1.82) is 5.26 Å². The van der Waals surface area contributed by atoms with E-state index < -0.39 is 39.6 Å². The molecule has 0 radical (unpaired) electrons. The molecule has 3 atom stereocenters. The maximum Gasteiger partial charge on any atom is 0.338 e. The van der Waals surface area contributed by atoms with Crippen molar-refractivity contribution >= 4 is 52.0 Å². The number of carbonyl (C=O) groups is 4. The number of hydrogen-bond acceptors (Lipinski definition) is 11. The summed E-state index contributed by atoms with van der Waals surface area (Å²) in [7, 11) is 0. The summed E-state index contributed by atoms with van der Waals surface area (Å²) in [5.41, 5.74) is -0.647. The second-order valence-corrected chi connectivity index (χ2v) is 14.9. The molecule has 2 rings (SSSR count). The molecule has 12 heteroatoms. The maximum absolute atomic E-state index is 13.7. The first-order valence-corrected chi connectivity index (χ1v) is 17.1. The molecule has 0 bridgehead atoms. The van der Waals surface area contributed by atoms with Crippen LogP contribution in [0.4, 0.5) is 0 Å². The van der Waals surface area contributed by atoms with Gasteiger partial charge in [0.2, 0.25) is 5.91 Å². The van der Waals surface area contributed by atoms with Crippen molar-refractivity contribution in [3.8, 4) is 11.8 Å². The van der Waals surface area contributed by atoms with E-state index in [1.165, 1.54) is 24.3 Å². The molecule has 0 heterocycles. The van der Waals surface area contributed by atoms with Crippen LogP contribution < -0.4 is 10.1 Å². The zero-order valence-corrected chi connectivity index (χ0v) is 30.1. The van der Waals surface area contributed by atoms with Crippen molar-refractivity contribution in [2.75, 3.05) is 19.8 Å². The molecule has 0 spiro atoms. The van der Waals surface area contributed by atoms with E-state index in [0.717, 1.165) is 17.3 Å². The van der Waals surface area contributed by atoms with E-state index in [2.05, 4.69) is 11.4 Å². The van der Waals surface area contributed by atoms with Gasteiger partial charge in [-0.15, -0.1) is 0 Å². The Hall–Kier alpha value is -3.79. The molecule has 0 aliphatic carbocycles. The van der Waals surface area contributed by atoms with Crippen LogP contribution in [0.3, 0.4) is 0 Å². The first-order chi connectivity index (χ1) is 22.5. The number of ether oxygens (including phenoxy) is 3. The third-order valence-corrected chi connectivity index (χ3v) is 9.51. The molecule has 10 nitrogen and oxygen atoms in total. The lowest BCUT2D eigenvalue weighted by Crippen LogP contribution is -2.44. The number of rotatable bonds is 18. The third-order valence-electron chi connectivity index (χ3n) is 7.78. The van der Waals surface area contributed by atoms with Crippen LogP contribution in [0.25, 0.3) is 0 Å². The number of carbonyl (C=O) groups excluding carboxylic acids is 4. The predicted octanol–water partition coefficient (Wildman–Crippen LogP) is 6.18. The first-order valence-electron chi connectivity index (χ1n) is 15.9. The monoisotopic (exact) mass is 698 g/mol. The van der Waals surface area contributed by atoms with Crippen molar-refractivity contribution in [2.24, 2.45) is 10.8 Å². The van der Waals surface area contributed by atoms with Crippen LogP contribution in [0, 0.1) is 22.2 Å². The highest BCUT2D eigenvalue weighted by Crippen LogP contribution is 2.41. The Bertz CT molecular complexity index is 1460. The molecule has 0 aliphatic heterocycles. The Morgan fingerprint density at radius 2 is 1.52 bits per heavy atom. The minimum Gasteiger partial charge on any atom is -0.461 e. The predicted molar refractivity (Wildman–Crippen MR) is 188 cm³/mol. The van der Waals surface area contributed by atoms with Gasteiger partial charge in [0, 0.05) is 18.4 Å². The Morgan fingerprint density at radius 1 is 0.917 bits per heavy atom. The maximum atomic E-state index is 13.7. The number of nitrogens with one attached hydrogen (secondary N) is 1. The Kier molecular flexibility index (Phi) is 15.7.